The van der Waals surface area contributed by atoms with Gasteiger partial charge in [0.25, 0.3) is 20.0 Å². The first-order chi connectivity index (χ1) is 17.7. The van der Waals surface area contributed by atoms with Crippen molar-refractivity contribution in [2.45, 2.75) is 37.5 Å². The molecule has 38 heavy (non-hydrogen) atoms. The predicted molar refractivity (Wildman–Crippen MR) is 146 cm³/mol. The molecule has 0 spiro atoms. The molecular weight excluding hydrogens is 528 g/mol. The molecule has 0 aliphatic heterocycles. The van der Waals surface area contributed by atoms with E-state index in [2.05, 4.69) is 29.4 Å². The normalized spacial score (nSPS) is 11.3. The number of hydrogen-bond acceptors (Lipinski definition) is 10. The summed E-state index contributed by atoms with van der Waals surface area (Å²) in [6.07, 6.45) is 0. The van der Waals surface area contributed by atoms with Crippen molar-refractivity contribution in [2.24, 2.45) is 0 Å². The van der Waals surface area contributed by atoms with Crippen LogP contribution in [0.1, 0.15) is 22.8 Å². The molecule has 0 aliphatic carbocycles. The van der Waals surface area contributed by atoms with E-state index in [1.807, 2.05) is 0 Å². The quantitative estimate of drug-likeness (QED) is 0.256. The Kier molecular flexibility index (Phi) is 8.48. The minimum atomic E-state index is -3.69. The Labute approximate surface area is 221 Å². The zero-order chi connectivity index (χ0) is 28.1. The third-order valence-corrected chi connectivity index (χ3v) is 7.48. The average molecular weight is 557 g/mol. The van der Waals surface area contributed by atoms with Gasteiger partial charge in [-0.05, 0) is 88.4 Å². The maximum absolute atomic E-state index is 12.1. The third kappa shape index (κ3) is 7.85. The van der Waals surface area contributed by atoms with E-state index in [0.717, 1.165) is 0 Å². The van der Waals surface area contributed by atoms with Crippen molar-refractivity contribution in [1.82, 2.24) is 19.9 Å². The van der Waals surface area contributed by atoms with Crippen molar-refractivity contribution in [3.63, 3.8) is 0 Å². The fourth-order valence-electron chi connectivity index (χ4n) is 3.20. The van der Waals surface area contributed by atoms with Gasteiger partial charge in [-0.25, -0.2) is 46.2 Å². The van der Waals surface area contributed by atoms with Crippen molar-refractivity contribution in [1.29, 1.82) is 0 Å². The zero-order valence-corrected chi connectivity index (χ0v) is 22.8. The van der Waals surface area contributed by atoms with Crippen molar-refractivity contribution in [3.8, 4) is 0 Å². The Morgan fingerprint density at radius 2 is 0.789 bits per heavy atom. The first kappa shape index (κ1) is 28.3. The fourth-order valence-corrected chi connectivity index (χ4v) is 5.08. The monoisotopic (exact) mass is 556 g/mol. The van der Waals surface area contributed by atoms with Crippen LogP contribution in [-0.2, 0) is 20.0 Å². The van der Waals surface area contributed by atoms with Crippen molar-refractivity contribution >= 4 is 43.3 Å². The molecule has 0 saturated heterocycles. The Balaban J connectivity index is 0.000000211. The molecule has 4 rings (SSSR count). The summed E-state index contributed by atoms with van der Waals surface area (Å²) < 4.78 is 53.1. The number of rotatable bonds is 6. The van der Waals surface area contributed by atoms with E-state index in [-0.39, 0.29) is 21.7 Å². The molecule has 2 aromatic carbocycles. The Morgan fingerprint density at radius 1 is 0.526 bits per heavy atom. The number of sulfonamides is 2. The standard InChI is InChI=1S/2C12H14N4O2S/c2*1-8-7-9(2)15-12(14-8)16-19(17,18)11-5-3-10(13)4-6-11/h2*3-7H,13H2,1-2H3,(H,14,15,16). The number of nitrogen functional groups attached to an aromatic ring is 2. The third-order valence-electron chi connectivity index (χ3n) is 4.80. The van der Waals surface area contributed by atoms with Gasteiger partial charge in [0.15, 0.2) is 0 Å². The van der Waals surface area contributed by atoms with Crippen LogP contribution in [0.3, 0.4) is 0 Å². The van der Waals surface area contributed by atoms with Crippen LogP contribution in [0.25, 0.3) is 0 Å². The lowest BCUT2D eigenvalue weighted by molar-refractivity contribution is 0.599. The van der Waals surface area contributed by atoms with Crippen LogP contribution in [0, 0.1) is 27.7 Å². The summed E-state index contributed by atoms with van der Waals surface area (Å²) >= 11 is 0. The predicted octanol–water partition coefficient (Wildman–Crippen LogP) is 2.95. The van der Waals surface area contributed by atoms with E-state index in [0.29, 0.717) is 34.2 Å². The van der Waals surface area contributed by atoms with E-state index < -0.39 is 20.0 Å². The molecule has 6 N–H and O–H groups in total. The van der Waals surface area contributed by atoms with Crippen LogP contribution in [0.4, 0.5) is 23.3 Å². The first-order valence-electron chi connectivity index (χ1n) is 11.1. The van der Waals surface area contributed by atoms with Gasteiger partial charge in [0.2, 0.25) is 11.9 Å². The maximum Gasteiger partial charge on any atom is 0.264 e. The summed E-state index contributed by atoms with van der Waals surface area (Å²) in [5, 5.41) is 0. The second-order valence-electron chi connectivity index (χ2n) is 8.30. The molecule has 0 bridgehead atoms. The highest BCUT2D eigenvalue weighted by atomic mass is 32.2. The molecule has 0 saturated carbocycles. The zero-order valence-electron chi connectivity index (χ0n) is 21.2. The fraction of sp³-hybridized carbons (Fsp3) is 0.167. The number of aromatic nitrogens is 4. The number of nitrogens with zero attached hydrogens (tertiary/aromatic N) is 4. The van der Waals surface area contributed by atoms with Crippen LogP contribution in [0.2, 0.25) is 0 Å². The average Bonchev–Trinajstić information content (AvgIpc) is 2.78. The van der Waals surface area contributed by atoms with Gasteiger partial charge in [-0.3, -0.25) is 0 Å². The first-order valence-corrected chi connectivity index (χ1v) is 14.1. The molecule has 4 aromatic rings. The van der Waals surface area contributed by atoms with Crippen LogP contribution >= 0.6 is 0 Å². The van der Waals surface area contributed by atoms with E-state index in [4.69, 9.17) is 11.5 Å². The number of hydrogen-bond donors (Lipinski definition) is 4. The minimum absolute atomic E-state index is 0.0642. The van der Waals surface area contributed by atoms with Crippen LogP contribution < -0.4 is 20.9 Å². The molecule has 2 heterocycles. The Hall–Kier alpha value is -4.30. The van der Waals surface area contributed by atoms with Gasteiger partial charge in [0.1, 0.15) is 0 Å². The summed E-state index contributed by atoms with van der Waals surface area (Å²) in [5.41, 5.74) is 14.8. The maximum atomic E-state index is 12.1. The van der Waals surface area contributed by atoms with E-state index in [9.17, 15) is 16.8 Å². The summed E-state index contributed by atoms with van der Waals surface area (Å²) in [6, 6.07) is 15.4. The summed E-state index contributed by atoms with van der Waals surface area (Å²) in [5.74, 6) is 0.128. The van der Waals surface area contributed by atoms with Gasteiger partial charge < -0.3 is 11.5 Å². The topological polar surface area (TPSA) is 196 Å². The number of nitrogens with one attached hydrogen (secondary N) is 2. The molecule has 2 aromatic heterocycles. The lowest BCUT2D eigenvalue weighted by Gasteiger charge is -2.08. The Bertz CT molecular complexity index is 1480. The number of benzene rings is 2. The summed E-state index contributed by atoms with van der Waals surface area (Å²) in [7, 11) is -7.39. The number of nitrogens with two attached hydrogens (primary N) is 2. The molecule has 14 heteroatoms. The highest BCUT2D eigenvalue weighted by Gasteiger charge is 2.17. The lowest BCUT2D eigenvalue weighted by atomic mass is 10.3. The van der Waals surface area contributed by atoms with Gasteiger partial charge in [-0.2, -0.15) is 0 Å². The summed E-state index contributed by atoms with van der Waals surface area (Å²) in [4.78, 5) is 16.4. The van der Waals surface area contributed by atoms with Crippen molar-refractivity contribution in [3.05, 3.63) is 83.4 Å². The second kappa shape index (κ2) is 11.4. The smallest absolute Gasteiger partial charge is 0.264 e. The van der Waals surface area contributed by atoms with Crippen molar-refractivity contribution in [2.75, 3.05) is 20.9 Å². The highest BCUT2D eigenvalue weighted by molar-refractivity contribution is 7.93. The number of aryl methyl sites for hydroxylation is 4. The molecule has 0 aliphatic rings. The van der Waals surface area contributed by atoms with Crippen LogP contribution in [0.5, 0.6) is 0 Å². The molecule has 0 atom stereocenters. The molecule has 0 amide bonds. The van der Waals surface area contributed by atoms with Crippen molar-refractivity contribution < 1.29 is 16.8 Å². The van der Waals surface area contributed by atoms with E-state index in [1.54, 1.807) is 39.8 Å². The largest absolute Gasteiger partial charge is 0.399 e. The lowest BCUT2D eigenvalue weighted by Crippen LogP contribution is -2.15. The highest BCUT2D eigenvalue weighted by Crippen LogP contribution is 2.16. The number of anilines is 4. The van der Waals surface area contributed by atoms with Gasteiger partial charge in [-0.1, -0.05) is 0 Å². The molecular formula is C24H28N8O4S2. The van der Waals surface area contributed by atoms with Gasteiger partial charge >= 0.3 is 0 Å². The molecule has 12 nitrogen and oxygen atoms in total. The van der Waals surface area contributed by atoms with Crippen LogP contribution in [-0.4, -0.2) is 36.8 Å². The molecule has 200 valence electrons. The van der Waals surface area contributed by atoms with Gasteiger partial charge in [0.05, 0.1) is 9.79 Å². The SMILES string of the molecule is Cc1cc(C)nc(NS(=O)(=O)c2ccc(N)cc2)n1.Cc1cc(C)nc(NS(=O)(=O)c2ccc(N)cc2)n1. The molecule has 0 radical (unpaired) electrons. The Morgan fingerprint density at radius 3 is 1.05 bits per heavy atom. The second-order valence-corrected chi connectivity index (χ2v) is 11.7. The minimum Gasteiger partial charge on any atom is -0.399 e. The van der Waals surface area contributed by atoms with Gasteiger partial charge in [0, 0.05) is 34.2 Å². The summed E-state index contributed by atoms with van der Waals surface area (Å²) in [6.45, 7) is 7.09. The van der Waals surface area contributed by atoms with E-state index >= 15 is 0 Å². The van der Waals surface area contributed by atoms with Gasteiger partial charge in [-0.15, -0.1) is 0 Å². The van der Waals surface area contributed by atoms with Crippen LogP contribution in [0.15, 0.2) is 70.5 Å². The molecule has 0 fully saturated rings. The van der Waals surface area contributed by atoms with E-state index in [1.165, 1.54) is 48.5 Å². The molecule has 0 unspecified atom stereocenters.